The van der Waals surface area contributed by atoms with E-state index < -0.39 is 6.67 Å². The predicted molar refractivity (Wildman–Crippen MR) is 68.9 cm³/mol. The minimum absolute atomic E-state index is 0.0401. The quantitative estimate of drug-likeness (QED) is 0.877. The lowest BCUT2D eigenvalue weighted by molar-refractivity contribution is 0.242. The van der Waals surface area contributed by atoms with Crippen LogP contribution in [0.25, 0.3) is 0 Å². The van der Waals surface area contributed by atoms with E-state index in [9.17, 15) is 4.39 Å². The Kier molecular flexibility index (Phi) is 3.76. The van der Waals surface area contributed by atoms with Gasteiger partial charge in [-0.3, -0.25) is 0 Å². The van der Waals surface area contributed by atoms with Crippen LogP contribution in [0.4, 0.5) is 4.39 Å². The molecule has 2 N–H and O–H groups in total. The van der Waals surface area contributed by atoms with Gasteiger partial charge in [0.25, 0.3) is 0 Å². The van der Waals surface area contributed by atoms with Crippen molar-refractivity contribution in [1.82, 2.24) is 0 Å². The normalized spacial score (nSPS) is 17.1. The van der Waals surface area contributed by atoms with Gasteiger partial charge in [0.2, 0.25) is 0 Å². The Morgan fingerprint density at radius 3 is 2.28 bits per heavy atom. The third-order valence-electron chi connectivity index (χ3n) is 4.02. The molecule has 0 amide bonds. The zero-order valence-electron chi connectivity index (χ0n) is 11.0. The highest BCUT2D eigenvalue weighted by molar-refractivity contribution is 5.50. The highest BCUT2D eigenvalue weighted by atomic mass is 19.1. The Bertz CT molecular complexity index is 425. The fraction of sp³-hybridized carbons (Fsp3) is 0.571. The molecule has 0 spiro atoms. The van der Waals surface area contributed by atoms with Crippen LogP contribution in [0.3, 0.4) is 0 Å². The highest BCUT2D eigenvalue weighted by Crippen LogP contribution is 2.48. The summed E-state index contributed by atoms with van der Waals surface area (Å²) >= 11 is 0. The summed E-state index contributed by atoms with van der Waals surface area (Å²) < 4.78 is 23.6. The summed E-state index contributed by atoms with van der Waals surface area (Å²) in [6.45, 7) is 0.0300. The van der Waals surface area contributed by atoms with Gasteiger partial charge in [-0.2, -0.15) is 0 Å². The minimum atomic E-state index is -0.541. The van der Waals surface area contributed by atoms with Crippen LogP contribution in [-0.4, -0.2) is 20.8 Å². The second-order valence-electron chi connectivity index (χ2n) is 4.84. The molecule has 18 heavy (non-hydrogen) atoms. The van der Waals surface area contributed by atoms with Crippen molar-refractivity contribution in [3.8, 4) is 11.5 Å². The van der Waals surface area contributed by atoms with E-state index in [1.165, 1.54) is 7.11 Å². The van der Waals surface area contributed by atoms with Crippen LogP contribution in [0.15, 0.2) is 12.1 Å². The topological polar surface area (TPSA) is 44.5 Å². The second-order valence-corrected chi connectivity index (χ2v) is 4.84. The van der Waals surface area contributed by atoms with Crippen LogP contribution in [-0.2, 0) is 12.1 Å². The van der Waals surface area contributed by atoms with Gasteiger partial charge in [-0.05, 0) is 18.9 Å². The number of nitrogens with two attached hydrogens (primary N) is 1. The molecule has 0 aliphatic heterocycles. The van der Waals surface area contributed by atoms with Gasteiger partial charge in [0.1, 0.15) is 18.2 Å². The molecular weight excluding hydrogens is 233 g/mol. The van der Waals surface area contributed by atoms with E-state index in [1.807, 2.05) is 6.07 Å². The lowest BCUT2D eigenvalue weighted by atomic mass is 9.64. The number of rotatable bonds is 5. The van der Waals surface area contributed by atoms with Crippen molar-refractivity contribution in [3.63, 3.8) is 0 Å². The first-order valence-electron chi connectivity index (χ1n) is 6.22. The molecule has 4 heteroatoms. The Labute approximate surface area is 107 Å². The minimum Gasteiger partial charge on any atom is -0.496 e. The van der Waals surface area contributed by atoms with Gasteiger partial charge in [-0.25, -0.2) is 4.39 Å². The molecule has 1 aliphatic carbocycles. The number of benzene rings is 1. The molecule has 0 radical (unpaired) electrons. The van der Waals surface area contributed by atoms with Crippen molar-refractivity contribution in [3.05, 3.63) is 23.3 Å². The highest BCUT2D eigenvalue weighted by Gasteiger charge is 2.40. The molecule has 2 rings (SSSR count). The molecule has 0 unspecified atom stereocenters. The third-order valence-corrected chi connectivity index (χ3v) is 4.02. The first-order chi connectivity index (χ1) is 8.70. The molecule has 1 aromatic rings. The lowest BCUT2D eigenvalue weighted by Crippen LogP contribution is -2.41. The molecular formula is C14H20FNO2. The van der Waals surface area contributed by atoms with Crippen LogP contribution < -0.4 is 15.2 Å². The Morgan fingerprint density at radius 2 is 1.89 bits per heavy atom. The second kappa shape index (κ2) is 5.14. The molecule has 0 saturated heterocycles. The van der Waals surface area contributed by atoms with E-state index in [0.29, 0.717) is 17.9 Å². The summed E-state index contributed by atoms with van der Waals surface area (Å²) in [5.41, 5.74) is 7.45. The number of ether oxygens (including phenoxy) is 2. The van der Waals surface area contributed by atoms with Crippen molar-refractivity contribution in [2.75, 3.05) is 20.8 Å². The number of alkyl halides is 1. The standard InChI is InChI=1S/C14H20FNO2/c1-17-12-7-13(18-2)11(6-10(12)8-15)14(9-16)4-3-5-14/h6-7H,3-5,8-9,16H2,1-2H3. The summed E-state index contributed by atoms with van der Waals surface area (Å²) in [6.07, 6.45) is 3.24. The SMILES string of the molecule is COc1cc(OC)c(C2(CN)CCC2)cc1CF. The molecule has 0 bridgehead atoms. The van der Waals surface area contributed by atoms with Gasteiger partial charge in [0, 0.05) is 29.2 Å². The van der Waals surface area contributed by atoms with Crippen molar-refractivity contribution in [1.29, 1.82) is 0 Å². The molecule has 0 aromatic heterocycles. The van der Waals surface area contributed by atoms with Crippen molar-refractivity contribution < 1.29 is 13.9 Å². The van der Waals surface area contributed by atoms with E-state index in [1.54, 1.807) is 13.2 Å². The number of methoxy groups -OCH3 is 2. The molecule has 100 valence electrons. The molecule has 0 atom stereocenters. The third kappa shape index (κ3) is 1.94. The van der Waals surface area contributed by atoms with Crippen molar-refractivity contribution in [2.24, 2.45) is 5.73 Å². The fourth-order valence-electron chi connectivity index (χ4n) is 2.67. The van der Waals surface area contributed by atoms with E-state index >= 15 is 0 Å². The summed E-state index contributed by atoms with van der Waals surface area (Å²) in [4.78, 5) is 0. The maximum Gasteiger partial charge on any atom is 0.128 e. The van der Waals surface area contributed by atoms with Gasteiger partial charge in [-0.15, -0.1) is 0 Å². The number of halogens is 1. The average molecular weight is 253 g/mol. The Balaban J connectivity index is 2.51. The average Bonchev–Trinajstić information content (AvgIpc) is 2.37. The van der Waals surface area contributed by atoms with E-state index in [-0.39, 0.29) is 5.41 Å². The van der Waals surface area contributed by atoms with Crippen LogP contribution in [0.2, 0.25) is 0 Å². The van der Waals surface area contributed by atoms with Crippen LogP contribution in [0, 0.1) is 0 Å². The Hall–Kier alpha value is -1.29. The Morgan fingerprint density at radius 1 is 1.22 bits per heavy atom. The summed E-state index contributed by atoms with van der Waals surface area (Å²) in [5.74, 6) is 1.28. The smallest absolute Gasteiger partial charge is 0.128 e. The van der Waals surface area contributed by atoms with Crippen molar-refractivity contribution >= 4 is 0 Å². The summed E-state index contributed by atoms with van der Waals surface area (Å²) in [5, 5.41) is 0. The van der Waals surface area contributed by atoms with Crippen LogP contribution in [0.5, 0.6) is 11.5 Å². The molecule has 1 fully saturated rings. The maximum absolute atomic E-state index is 13.1. The van der Waals surface area contributed by atoms with E-state index in [4.69, 9.17) is 15.2 Å². The van der Waals surface area contributed by atoms with Gasteiger partial charge in [0.15, 0.2) is 0 Å². The first kappa shape index (κ1) is 13.1. The molecule has 1 saturated carbocycles. The van der Waals surface area contributed by atoms with Crippen LogP contribution >= 0.6 is 0 Å². The summed E-state index contributed by atoms with van der Waals surface area (Å²) in [6, 6.07) is 3.61. The fourth-order valence-corrected chi connectivity index (χ4v) is 2.67. The number of hydrogen-bond donors (Lipinski definition) is 1. The molecule has 1 aromatic carbocycles. The predicted octanol–water partition coefficient (Wildman–Crippen LogP) is 2.55. The summed E-state index contributed by atoms with van der Waals surface area (Å²) in [7, 11) is 3.16. The first-order valence-corrected chi connectivity index (χ1v) is 6.22. The number of hydrogen-bond acceptors (Lipinski definition) is 3. The van der Waals surface area contributed by atoms with Crippen molar-refractivity contribution in [2.45, 2.75) is 31.4 Å². The van der Waals surface area contributed by atoms with Gasteiger partial charge < -0.3 is 15.2 Å². The van der Waals surface area contributed by atoms with E-state index in [0.717, 1.165) is 30.6 Å². The van der Waals surface area contributed by atoms with Crippen LogP contribution in [0.1, 0.15) is 30.4 Å². The monoisotopic (exact) mass is 253 g/mol. The van der Waals surface area contributed by atoms with E-state index in [2.05, 4.69) is 0 Å². The van der Waals surface area contributed by atoms with Gasteiger partial charge in [-0.1, -0.05) is 6.42 Å². The molecule has 3 nitrogen and oxygen atoms in total. The van der Waals surface area contributed by atoms with Gasteiger partial charge in [0.05, 0.1) is 14.2 Å². The van der Waals surface area contributed by atoms with Gasteiger partial charge >= 0.3 is 0 Å². The largest absolute Gasteiger partial charge is 0.496 e. The zero-order chi connectivity index (χ0) is 13.2. The molecule has 1 aliphatic rings. The lowest BCUT2D eigenvalue weighted by Gasteiger charge is -2.42. The zero-order valence-corrected chi connectivity index (χ0v) is 11.0. The molecule has 0 heterocycles. The maximum atomic E-state index is 13.1.